The standard InChI is InChI=1S/C15H20ClFN2/c16-14-8-13(17)4-3-11(14)9-19-7-5-15-12(10-19)2-1-6-18-15/h3-4,8,12,15,18H,1-2,5-7,9-10H2. The highest BCUT2D eigenvalue weighted by molar-refractivity contribution is 6.31. The van der Waals surface area contributed by atoms with Gasteiger partial charge in [-0.15, -0.1) is 0 Å². The van der Waals surface area contributed by atoms with Crippen LogP contribution in [-0.4, -0.2) is 30.6 Å². The molecule has 2 atom stereocenters. The first-order chi connectivity index (χ1) is 9.22. The quantitative estimate of drug-likeness (QED) is 0.897. The van der Waals surface area contributed by atoms with Crippen LogP contribution in [0.25, 0.3) is 0 Å². The van der Waals surface area contributed by atoms with E-state index in [1.165, 1.54) is 37.9 Å². The van der Waals surface area contributed by atoms with Gasteiger partial charge in [-0.2, -0.15) is 0 Å². The Balaban J connectivity index is 1.64. The number of hydrogen-bond donors (Lipinski definition) is 1. The van der Waals surface area contributed by atoms with Crippen molar-refractivity contribution < 1.29 is 4.39 Å². The number of fused-ring (bicyclic) bond motifs is 1. The molecule has 2 saturated heterocycles. The molecule has 2 fully saturated rings. The third kappa shape index (κ3) is 3.10. The van der Waals surface area contributed by atoms with Crippen LogP contribution in [0.5, 0.6) is 0 Å². The summed E-state index contributed by atoms with van der Waals surface area (Å²) in [5.74, 6) is 0.505. The average molecular weight is 283 g/mol. The number of piperidine rings is 2. The Morgan fingerprint density at radius 3 is 3.11 bits per heavy atom. The van der Waals surface area contributed by atoms with Gasteiger partial charge in [0, 0.05) is 24.2 Å². The van der Waals surface area contributed by atoms with Crippen LogP contribution in [0.1, 0.15) is 24.8 Å². The Hall–Kier alpha value is -0.640. The largest absolute Gasteiger partial charge is 0.314 e. The highest BCUT2D eigenvalue weighted by Gasteiger charge is 2.30. The molecule has 0 aromatic heterocycles. The highest BCUT2D eigenvalue weighted by Crippen LogP contribution is 2.27. The van der Waals surface area contributed by atoms with Crippen LogP contribution in [0.2, 0.25) is 5.02 Å². The Kier molecular flexibility index (Phi) is 4.06. The fourth-order valence-corrected chi connectivity index (χ4v) is 3.58. The van der Waals surface area contributed by atoms with E-state index in [1.807, 2.05) is 6.07 Å². The van der Waals surface area contributed by atoms with Crippen LogP contribution in [0, 0.1) is 11.7 Å². The summed E-state index contributed by atoms with van der Waals surface area (Å²) in [4.78, 5) is 2.45. The molecule has 2 aliphatic rings. The summed E-state index contributed by atoms with van der Waals surface area (Å²) in [5.41, 5.74) is 1.03. The molecule has 1 aromatic rings. The van der Waals surface area contributed by atoms with E-state index in [-0.39, 0.29) is 5.82 Å². The molecule has 3 rings (SSSR count). The SMILES string of the molecule is Fc1ccc(CN2CCC3NCCCC3C2)c(Cl)c1. The van der Waals surface area contributed by atoms with Crippen molar-refractivity contribution in [2.45, 2.75) is 31.8 Å². The van der Waals surface area contributed by atoms with Crippen LogP contribution >= 0.6 is 11.6 Å². The third-order valence-corrected chi connectivity index (χ3v) is 4.74. The van der Waals surface area contributed by atoms with Gasteiger partial charge in [-0.05, 0) is 56.0 Å². The molecular formula is C15H20ClFN2. The summed E-state index contributed by atoms with van der Waals surface area (Å²) in [6.45, 7) is 4.24. The van der Waals surface area contributed by atoms with Crippen molar-refractivity contribution >= 4 is 11.6 Å². The number of nitrogens with zero attached hydrogens (tertiary/aromatic N) is 1. The summed E-state index contributed by atoms with van der Waals surface area (Å²) in [6.07, 6.45) is 3.82. The van der Waals surface area contributed by atoms with Gasteiger partial charge in [0.1, 0.15) is 5.82 Å². The minimum absolute atomic E-state index is 0.260. The lowest BCUT2D eigenvalue weighted by molar-refractivity contribution is 0.109. The fraction of sp³-hybridized carbons (Fsp3) is 0.600. The molecule has 4 heteroatoms. The van der Waals surface area contributed by atoms with Crippen LogP contribution in [0.3, 0.4) is 0 Å². The van der Waals surface area contributed by atoms with Crippen molar-refractivity contribution in [3.8, 4) is 0 Å². The zero-order valence-corrected chi connectivity index (χ0v) is 11.8. The lowest BCUT2D eigenvalue weighted by Crippen LogP contribution is -2.51. The molecule has 0 amide bonds. The molecular weight excluding hydrogens is 263 g/mol. The Bertz CT molecular complexity index is 452. The fourth-order valence-electron chi connectivity index (χ4n) is 3.35. The summed E-state index contributed by atoms with van der Waals surface area (Å²) < 4.78 is 13.0. The second kappa shape index (κ2) is 5.78. The van der Waals surface area contributed by atoms with Crippen LogP contribution in [-0.2, 0) is 6.54 Å². The first-order valence-corrected chi connectivity index (χ1v) is 7.50. The molecule has 2 heterocycles. The van der Waals surface area contributed by atoms with Gasteiger partial charge in [0.15, 0.2) is 0 Å². The van der Waals surface area contributed by atoms with E-state index in [9.17, 15) is 4.39 Å². The van der Waals surface area contributed by atoms with Crippen molar-refractivity contribution in [1.82, 2.24) is 10.2 Å². The number of rotatable bonds is 2. The maximum absolute atomic E-state index is 13.0. The molecule has 0 spiro atoms. The molecule has 2 aliphatic heterocycles. The van der Waals surface area contributed by atoms with Gasteiger partial charge in [0.2, 0.25) is 0 Å². The first-order valence-electron chi connectivity index (χ1n) is 7.12. The highest BCUT2D eigenvalue weighted by atomic mass is 35.5. The van der Waals surface area contributed by atoms with Crippen LogP contribution < -0.4 is 5.32 Å². The van der Waals surface area contributed by atoms with Gasteiger partial charge >= 0.3 is 0 Å². The third-order valence-electron chi connectivity index (χ3n) is 4.39. The minimum atomic E-state index is -0.260. The molecule has 1 aromatic carbocycles. The van der Waals surface area contributed by atoms with Crippen LogP contribution in [0.15, 0.2) is 18.2 Å². The maximum atomic E-state index is 13.0. The van der Waals surface area contributed by atoms with E-state index in [1.54, 1.807) is 0 Å². The van der Waals surface area contributed by atoms with Crippen molar-refractivity contribution in [1.29, 1.82) is 0 Å². The van der Waals surface area contributed by atoms with E-state index in [2.05, 4.69) is 10.2 Å². The maximum Gasteiger partial charge on any atom is 0.124 e. The van der Waals surface area contributed by atoms with Crippen molar-refractivity contribution in [2.75, 3.05) is 19.6 Å². The molecule has 0 saturated carbocycles. The second-order valence-electron chi connectivity index (χ2n) is 5.72. The van der Waals surface area contributed by atoms with Crippen molar-refractivity contribution in [3.63, 3.8) is 0 Å². The van der Waals surface area contributed by atoms with Gasteiger partial charge in [0.25, 0.3) is 0 Å². The molecule has 2 nitrogen and oxygen atoms in total. The molecule has 0 radical (unpaired) electrons. The number of halogens is 2. The zero-order chi connectivity index (χ0) is 13.2. The predicted octanol–water partition coefficient (Wildman–Crippen LogP) is 3.05. The van der Waals surface area contributed by atoms with Gasteiger partial charge in [-0.3, -0.25) is 4.90 Å². The van der Waals surface area contributed by atoms with E-state index in [0.29, 0.717) is 11.1 Å². The molecule has 0 bridgehead atoms. The first kappa shape index (κ1) is 13.3. The van der Waals surface area contributed by atoms with E-state index < -0.39 is 0 Å². The van der Waals surface area contributed by atoms with E-state index in [4.69, 9.17) is 11.6 Å². The molecule has 104 valence electrons. The summed E-state index contributed by atoms with van der Waals surface area (Å²) in [6, 6.07) is 5.42. The average Bonchev–Trinajstić information content (AvgIpc) is 2.42. The number of hydrogen-bond acceptors (Lipinski definition) is 2. The summed E-state index contributed by atoms with van der Waals surface area (Å²) in [5, 5.41) is 4.17. The van der Waals surface area contributed by atoms with Gasteiger partial charge in [0.05, 0.1) is 0 Å². The molecule has 2 unspecified atom stereocenters. The zero-order valence-electron chi connectivity index (χ0n) is 11.0. The monoisotopic (exact) mass is 282 g/mol. The van der Waals surface area contributed by atoms with Crippen molar-refractivity contribution in [3.05, 3.63) is 34.6 Å². The van der Waals surface area contributed by atoms with E-state index in [0.717, 1.165) is 31.1 Å². The Labute approximate surface area is 118 Å². The Morgan fingerprint density at radius 2 is 2.26 bits per heavy atom. The van der Waals surface area contributed by atoms with E-state index >= 15 is 0 Å². The van der Waals surface area contributed by atoms with Crippen LogP contribution in [0.4, 0.5) is 4.39 Å². The van der Waals surface area contributed by atoms with Gasteiger partial charge < -0.3 is 5.32 Å². The molecule has 0 aliphatic carbocycles. The minimum Gasteiger partial charge on any atom is -0.314 e. The lowest BCUT2D eigenvalue weighted by atomic mass is 9.85. The number of nitrogens with one attached hydrogen (secondary N) is 1. The number of likely N-dealkylation sites (tertiary alicyclic amines) is 1. The molecule has 1 N–H and O–H groups in total. The van der Waals surface area contributed by atoms with Crippen molar-refractivity contribution in [2.24, 2.45) is 5.92 Å². The summed E-state index contributed by atoms with van der Waals surface area (Å²) >= 11 is 6.11. The van der Waals surface area contributed by atoms with Gasteiger partial charge in [-0.25, -0.2) is 4.39 Å². The lowest BCUT2D eigenvalue weighted by Gasteiger charge is -2.41. The summed E-state index contributed by atoms with van der Waals surface area (Å²) in [7, 11) is 0. The normalized spacial score (nSPS) is 28.1. The second-order valence-corrected chi connectivity index (χ2v) is 6.13. The number of benzene rings is 1. The molecule has 19 heavy (non-hydrogen) atoms. The van der Waals surface area contributed by atoms with Gasteiger partial charge in [-0.1, -0.05) is 17.7 Å². The predicted molar refractivity (Wildman–Crippen MR) is 75.8 cm³/mol. The topological polar surface area (TPSA) is 15.3 Å². The smallest absolute Gasteiger partial charge is 0.124 e. The Morgan fingerprint density at radius 1 is 1.37 bits per heavy atom.